The first-order valence-electron chi connectivity index (χ1n) is 18.1. The van der Waals surface area contributed by atoms with Gasteiger partial charge in [-0.1, -0.05) is 145 Å². The first-order valence-corrected chi connectivity index (χ1v) is 18.1. The minimum absolute atomic E-state index is 0.131. The van der Waals surface area contributed by atoms with Gasteiger partial charge in [0.25, 0.3) is 0 Å². The summed E-state index contributed by atoms with van der Waals surface area (Å²) in [5.74, 6) is 5.12. The zero-order valence-corrected chi connectivity index (χ0v) is 32.0. The van der Waals surface area contributed by atoms with Gasteiger partial charge in [-0.15, -0.1) is 0 Å². The number of benzene rings is 7. The molecule has 3 heteroatoms. The first-order chi connectivity index (χ1) is 25.5. The van der Waals surface area contributed by atoms with Crippen molar-refractivity contribution in [3.8, 4) is 34.5 Å². The molecule has 0 unspecified atom stereocenters. The molecular weight excluding hydrogens is 649 g/mol. The fourth-order valence-corrected chi connectivity index (χ4v) is 5.40. The van der Waals surface area contributed by atoms with Crippen LogP contribution in [0.15, 0.2) is 176 Å². The second-order valence-corrected chi connectivity index (χ2v) is 13.9. The van der Waals surface area contributed by atoms with Crippen molar-refractivity contribution in [3.05, 3.63) is 215 Å². The molecule has 0 saturated heterocycles. The largest absolute Gasteiger partial charge is 0.457 e. The van der Waals surface area contributed by atoms with E-state index in [0.29, 0.717) is 0 Å². The van der Waals surface area contributed by atoms with Gasteiger partial charge in [0.1, 0.15) is 34.5 Å². The summed E-state index contributed by atoms with van der Waals surface area (Å²) < 4.78 is 17.6. The van der Waals surface area contributed by atoms with E-state index in [1.54, 1.807) is 0 Å². The topological polar surface area (TPSA) is 27.7 Å². The number of aryl methyl sites for hydroxylation is 5. The van der Waals surface area contributed by atoms with Crippen LogP contribution in [-0.2, 0) is 5.41 Å². The number of hydrogen-bond donors (Lipinski definition) is 0. The molecule has 0 aliphatic rings. The fourth-order valence-electron chi connectivity index (χ4n) is 5.40. The quantitative estimate of drug-likeness (QED) is 0.158. The monoisotopic (exact) mass is 698 g/mol. The molecule has 268 valence electrons. The molecule has 0 heterocycles. The standard InChI is InChI=1S/C28H26O2.C14H14O.C8H10/c1-21-9-15-25(16-10-21)30-27-19-13-23(14-20-27)28(2,3)22-11-17-26(18-12-22)29-24-7-5-4-6-8-24;1-11-3-7-13(8-4-11)15-14-9-5-12(2)6-10-14;1-7-3-5-8(2)6-4-7/h4-20H,1-3H3;3-10H,1-2H3;3-6H,1-2H3. The average Bonchev–Trinajstić information content (AvgIpc) is 3.17. The van der Waals surface area contributed by atoms with E-state index in [1.807, 2.05) is 115 Å². The third kappa shape index (κ3) is 12.0. The summed E-state index contributed by atoms with van der Waals surface area (Å²) in [6, 6.07) is 59.2. The van der Waals surface area contributed by atoms with Crippen LogP contribution in [0.4, 0.5) is 0 Å². The highest BCUT2D eigenvalue weighted by Crippen LogP contribution is 2.34. The van der Waals surface area contributed by atoms with E-state index < -0.39 is 0 Å². The van der Waals surface area contributed by atoms with Gasteiger partial charge >= 0.3 is 0 Å². The van der Waals surface area contributed by atoms with E-state index in [-0.39, 0.29) is 5.41 Å². The molecule has 0 atom stereocenters. The summed E-state index contributed by atoms with van der Waals surface area (Å²) in [7, 11) is 0. The number of para-hydroxylation sites is 1. The van der Waals surface area contributed by atoms with Crippen LogP contribution in [0.5, 0.6) is 34.5 Å². The maximum Gasteiger partial charge on any atom is 0.127 e. The van der Waals surface area contributed by atoms with Crippen LogP contribution in [0.2, 0.25) is 0 Å². The molecule has 0 N–H and O–H groups in total. The van der Waals surface area contributed by atoms with E-state index in [1.165, 1.54) is 38.9 Å². The van der Waals surface area contributed by atoms with Crippen LogP contribution >= 0.6 is 0 Å². The summed E-state index contributed by atoms with van der Waals surface area (Å²) >= 11 is 0. The van der Waals surface area contributed by atoms with Crippen molar-refractivity contribution in [2.24, 2.45) is 0 Å². The van der Waals surface area contributed by atoms with Crippen molar-refractivity contribution in [1.29, 1.82) is 0 Å². The maximum absolute atomic E-state index is 5.96. The predicted octanol–water partition coefficient (Wildman–Crippen LogP) is 14.3. The molecule has 0 amide bonds. The van der Waals surface area contributed by atoms with Gasteiger partial charge in [0, 0.05) is 5.41 Å². The van der Waals surface area contributed by atoms with Crippen LogP contribution < -0.4 is 14.2 Å². The fraction of sp³-hybridized carbons (Fsp3) is 0.160. The third-order valence-electron chi connectivity index (χ3n) is 8.88. The summed E-state index contributed by atoms with van der Waals surface area (Å²) in [5, 5.41) is 0. The smallest absolute Gasteiger partial charge is 0.127 e. The van der Waals surface area contributed by atoms with Crippen molar-refractivity contribution in [3.63, 3.8) is 0 Å². The number of ether oxygens (including phenoxy) is 3. The SMILES string of the molecule is Cc1ccc(C)cc1.Cc1ccc(Oc2ccc(C(C)(C)c3ccc(Oc4ccccc4)cc3)cc2)cc1.Cc1ccc(Oc2ccc(C)cc2)cc1. The van der Waals surface area contributed by atoms with Gasteiger partial charge in [-0.3, -0.25) is 0 Å². The minimum atomic E-state index is -0.131. The van der Waals surface area contributed by atoms with E-state index in [0.717, 1.165) is 34.5 Å². The van der Waals surface area contributed by atoms with Gasteiger partial charge in [0.2, 0.25) is 0 Å². The Balaban J connectivity index is 0.000000193. The molecule has 0 bridgehead atoms. The molecular formula is C50H50O3. The lowest BCUT2D eigenvalue weighted by atomic mass is 9.78. The Morgan fingerprint density at radius 2 is 0.472 bits per heavy atom. The Labute approximate surface area is 316 Å². The number of rotatable bonds is 8. The molecule has 0 saturated carbocycles. The van der Waals surface area contributed by atoms with Crippen LogP contribution in [-0.4, -0.2) is 0 Å². The molecule has 0 radical (unpaired) electrons. The van der Waals surface area contributed by atoms with Crippen molar-refractivity contribution < 1.29 is 14.2 Å². The highest BCUT2D eigenvalue weighted by molar-refractivity contribution is 5.44. The zero-order chi connectivity index (χ0) is 37.6. The molecule has 7 rings (SSSR count). The van der Waals surface area contributed by atoms with Crippen LogP contribution in [0.3, 0.4) is 0 Å². The lowest BCUT2D eigenvalue weighted by molar-refractivity contribution is 0.481. The van der Waals surface area contributed by atoms with Crippen LogP contribution in [0, 0.1) is 34.6 Å². The molecule has 0 aromatic heterocycles. The first kappa shape index (κ1) is 38.2. The van der Waals surface area contributed by atoms with E-state index in [9.17, 15) is 0 Å². The van der Waals surface area contributed by atoms with E-state index in [4.69, 9.17) is 14.2 Å². The maximum atomic E-state index is 5.96. The van der Waals surface area contributed by atoms with Crippen molar-refractivity contribution in [2.75, 3.05) is 0 Å². The summed E-state index contributed by atoms with van der Waals surface area (Å²) in [4.78, 5) is 0. The van der Waals surface area contributed by atoms with Gasteiger partial charge in [0.15, 0.2) is 0 Å². The Kier molecular flexibility index (Phi) is 13.3. The molecule has 7 aromatic carbocycles. The highest BCUT2D eigenvalue weighted by Gasteiger charge is 2.23. The molecule has 0 aliphatic carbocycles. The Bertz CT molecular complexity index is 2030. The van der Waals surface area contributed by atoms with E-state index >= 15 is 0 Å². The molecule has 0 fully saturated rings. The Morgan fingerprint density at radius 3 is 0.736 bits per heavy atom. The number of hydrogen-bond acceptors (Lipinski definition) is 3. The molecule has 53 heavy (non-hydrogen) atoms. The van der Waals surface area contributed by atoms with Crippen LogP contribution in [0.1, 0.15) is 52.8 Å². The normalized spacial score (nSPS) is 10.5. The molecule has 0 aliphatic heterocycles. The Hall–Kier alpha value is -6.06. The van der Waals surface area contributed by atoms with Crippen molar-refractivity contribution in [1.82, 2.24) is 0 Å². The van der Waals surface area contributed by atoms with Gasteiger partial charge < -0.3 is 14.2 Å². The minimum Gasteiger partial charge on any atom is -0.457 e. The van der Waals surface area contributed by atoms with Gasteiger partial charge in [-0.05, 0) is 119 Å². The van der Waals surface area contributed by atoms with Crippen molar-refractivity contribution >= 4 is 0 Å². The molecule has 3 nitrogen and oxygen atoms in total. The lowest BCUT2D eigenvalue weighted by Gasteiger charge is -2.26. The molecule has 7 aromatic rings. The summed E-state index contributed by atoms with van der Waals surface area (Å²) in [6.07, 6.45) is 0. The van der Waals surface area contributed by atoms with Gasteiger partial charge in [-0.25, -0.2) is 0 Å². The summed E-state index contributed by atoms with van der Waals surface area (Å²) in [5.41, 5.74) is 8.70. The van der Waals surface area contributed by atoms with Crippen LogP contribution in [0.25, 0.3) is 0 Å². The third-order valence-corrected chi connectivity index (χ3v) is 8.88. The highest BCUT2D eigenvalue weighted by atomic mass is 16.5. The van der Waals surface area contributed by atoms with Gasteiger partial charge in [0.05, 0.1) is 0 Å². The predicted molar refractivity (Wildman–Crippen MR) is 221 cm³/mol. The lowest BCUT2D eigenvalue weighted by Crippen LogP contribution is -2.18. The average molecular weight is 699 g/mol. The van der Waals surface area contributed by atoms with Gasteiger partial charge in [-0.2, -0.15) is 0 Å². The molecule has 0 spiro atoms. The second kappa shape index (κ2) is 18.4. The van der Waals surface area contributed by atoms with Crippen molar-refractivity contribution in [2.45, 2.75) is 53.9 Å². The second-order valence-electron chi connectivity index (χ2n) is 13.9. The zero-order valence-electron chi connectivity index (χ0n) is 32.0. The summed E-state index contributed by atoms with van der Waals surface area (Å²) in [6.45, 7) is 14.9. The van der Waals surface area contributed by atoms with E-state index in [2.05, 4.69) is 109 Å². The Morgan fingerprint density at radius 1 is 0.264 bits per heavy atom.